The summed E-state index contributed by atoms with van der Waals surface area (Å²) >= 11 is 5.58. The van der Waals surface area contributed by atoms with Crippen molar-refractivity contribution in [3.8, 4) is 0 Å². The van der Waals surface area contributed by atoms with Gasteiger partial charge in [0.2, 0.25) is 0 Å². The van der Waals surface area contributed by atoms with E-state index in [2.05, 4.69) is 10.6 Å². The highest BCUT2D eigenvalue weighted by Gasteiger charge is 2.06. The molecule has 0 saturated carbocycles. The Kier molecular flexibility index (Phi) is 6.08. The van der Waals surface area contributed by atoms with Gasteiger partial charge in [-0.2, -0.15) is 0 Å². The number of hydrogen-bond acceptors (Lipinski definition) is 2. The number of anilines is 1. The van der Waals surface area contributed by atoms with Crippen molar-refractivity contribution in [3.05, 3.63) is 29.0 Å². The Balaban J connectivity index is 2.29. The fourth-order valence-electron chi connectivity index (χ4n) is 1.36. The molecule has 1 rings (SSSR count). The second-order valence-corrected chi connectivity index (χ2v) is 4.29. The fraction of sp³-hybridized carbons (Fsp3) is 0.333. The second-order valence-electron chi connectivity index (χ2n) is 3.86. The standard InChI is InChI=1S/C12H14ClFN2O3/c13-8-4-5-10(9(14)7-8)16-12(19)15-6-2-1-3-11(17)18/h4-5,7H,1-3,6H2,(H,17,18)(H2,15,16,19). The van der Waals surface area contributed by atoms with E-state index in [0.29, 0.717) is 19.4 Å². The molecule has 2 amide bonds. The number of urea groups is 1. The number of halogens is 2. The van der Waals surface area contributed by atoms with Crippen LogP contribution < -0.4 is 10.6 Å². The molecule has 104 valence electrons. The van der Waals surface area contributed by atoms with E-state index in [4.69, 9.17) is 16.7 Å². The first kappa shape index (κ1) is 15.2. The molecule has 0 radical (unpaired) electrons. The lowest BCUT2D eigenvalue weighted by atomic mass is 10.2. The fourth-order valence-corrected chi connectivity index (χ4v) is 1.52. The van der Waals surface area contributed by atoms with Crippen LogP contribution in [0.5, 0.6) is 0 Å². The van der Waals surface area contributed by atoms with Gasteiger partial charge in [-0.25, -0.2) is 9.18 Å². The van der Waals surface area contributed by atoms with Gasteiger partial charge in [-0.15, -0.1) is 0 Å². The van der Waals surface area contributed by atoms with Crippen molar-refractivity contribution in [2.24, 2.45) is 0 Å². The molecule has 0 unspecified atom stereocenters. The number of hydrogen-bond donors (Lipinski definition) is 3. The monoisotopic (exact) mass is 288 g/mol. The van der Waals surface area contributed by atoms with Crippen molar-refractivity contribution in [2.45, 2.75) is 19.3 Å². The zero-order valence-electron chi connectivity index (χ0n) is 10.1. The van der Waals surface area contributed by atoms with Gasteiger partial charge in [0, 0.05) is 18.0 Å². The number of unbranched alkanes of at least 4 members (excludes halogenated alkanes) is 1. The van der Waals surface area contributed by atoms with Gasteiger partial charge >= 0.3 is 12.0 Å². The lowest BCUT2D eigenvalue weighted by Crippen LogP contribution is -2.29. The van der Waals surface area contributed by atoms with Crippen LogP contribution in [0.2, 0.25) is 5.02 Å². The normalized spacial score (nSPS) is 10.0. The maximum Gasteiger partial charge on any atom is 0.319 e. The Morgan fingerprint density at radius 3 is 2.68 bits per heavy atom. The molecule has 3 N–H and O–H groups in total. The van der Waals surface area contributed by atoms with Crippen molar-refractivity contribution in [1.82, 2.24) is 5.32 Å². The molecule has 0 heterocycles. The molecular weight excluding hydrogens is 275 g/mol. The van der Waals surface area contributed by atoms with Gasteiger partial charge in [-0.3, -0.25) is 4.79 Å². The molecule has 7 heteroatoms. The highest BCUT2D eigenvalue weighted by Crippen LogP contribution is 2.18. The van der Waals surface area contributed by atoms with Gasteiger partial charge in [-0.1, -0.05) is 11.6 Å². The Bertz CT molecular complexity index is 468. The lowest BCUT2D eigenvalue weighted by Gasteiger charge is -2.08. The molecule has 1 aromatic rings. The summed E-state index contributed by atoms with van der Waals surface area (Å²) in [7, 11) is 0. The first-order valence-corrected chi connectivity index (χ1v) is 6.08. The van der Waals surface area contributed by atoms with Gasteiger partial charge in [0.05, 0.1) is 5.69 Å². The number of carboxylic acids is 1. The summed E-state index contributed by atoms with van der Waals surface area (Å²) in [6.45, 7) is 0.328. The number of benzene rings is 1. The number of carboxylic acid groups (broad SMARTS) is 1. The number of aliphatic carboxylic acids is 1. The highest BCUT2D eigenvalue weighted by atomic mass is 35.5. The van der Waals surface area contributed by atoms with E-state index in [-0.39, 0.29) is 17.1 Å². The highest BCUT2D eigenvalue weighted by molar-refractivity contribution is 6.30. The summed E-state index contributed by atoms with van der Waals surface area (Å²) in [5.74, 6) is -1.48. The van der Waals surface area contributed by atoms with Crippen LogP contribution in [0, 0.1) is 5.82 Å². The van der Waals surface area contributed by atoms with Gasteiger partial charge < -0.3 is 15.7 Å². The predicted molar refractivity (Wildman–Crippen MR) is 69.9 cm³/mol. The first-order valence-electron chi connectivity index (χ1n) is 5.70. The topological polar surface area (TPSA) is 78.4 Å². The molecule has 0 saturated heterocycles. The van der Waals surface area contributed by atoms with Crippen LogP contribution >= 0.6 is 11.6 Å². The number of rotatable bonds is 6. The molecule has 0 aromatic heterocycles. The molecule has 1 aromatic carbocycles. The summed E-state index contributed by atoms with van der Waals surface area (Å²) in [5.41, 5.74) is 0.0347. The van der Waals surface area contributed by atoms with Crippen molar-refractivity contribution < 1.29 is 19.1 Å². The van der Waals surface area contributed by atoms with E-state index in [0.717, 1.165) is 6.07 Å². The Labute approximate surface area is 114 Å². The minimum Gasteiger partial charge on any atom is -0.481 e. The average molecular weight is 289 g/mol. The molecule has 0 aliphatic carbocycles. The van der Waals surface area contributed by atoms with Crippen LogP contribution in [0.1, 0.15) is 19.3 Å². The molecular formula is C12H14ClFN2O3. The summed E-state index contributed by atoms with van der Waals surface area (Å²) < 4.78 is 13.4. The third kappa shape index (κ3) is 6.05. The van der Waals surface area contributed by atoms with Crippen molar-refractivity contribution in [2.75, 3.05) is 11.9 Å². The van der Waals surface area contributed by atoms with Crippen LogP contribution in [0.25, 0.3) is 0 Å². The molecule has 0 bridgehead atoms. The number of amides is 2. The molecule has 19 heavy (non-hydrogen) atoms. The van der Waals surface area contributed by atoms with Gasteiger partial charge in [0.1, 0.15) is 5.82 Å². The van der Waals surface area contributed by atoms with Crippen LogP contribution in [-0.4, -0.2) is 23.7 Å². The molecule has 0 fully saturated rings. The minimum absolute atomic E-state index is 0.0347. The number of nitrogens with one attached hydrogen (secondary N) is 2. The number of carbonyl (C=O) groups excluding carboxylic acids is 1. The smallest absolute Gasteiger partial charge is 0.319 e. The van der Waals surface area contributed by atoms with Crippen LogP contribution in [0.3, 0.4) is 0 Å². The molecule has 0 spiro atoms. The largest absolute Gasteiger partial charge is 0.481 e. The van der Waals surface area contributed by atoms with Gasteiger partial charge in [0.25, 0.3) is 0 Å². The Morgan fingerprint density at radius 2 is 2.05 bits per heavy atom. The first-order chi connectivity index (χ1) is 8.99. The zero-order chi connectivity index (χ0) is 14.3. The van der Waals surface area contributed by atoms with Crippen LogP contribution in [0.4, 0.5) is 14.9 Å². The van der Waals surface area contributed by atoms with Gasteiger partial charge in [-0.05, 0) is 31.0 Å². The SMILES string of the molecule is O=C(O)CCCCNC(=O)Nc1ccc(Cl)cc1F. The quantitative estimate of drug-likeness (QED) is 0.704. The summed E-state index contributed by atoms with van der Waals surface area (Å²) in [6.07, 6.45) is 1.09. The van der Waals surface area contributed by atoms with Crippen molar-refractivity contribution in [3.63, 3.8) is 0 Å². The lowest BCUT2D eigenvalue weighted by molar-refractivity contribution is -0.137. The summed E-state index contributed by atoms with van der Waals surface area (Å²) in [6, 6.07) is 3.38. The Hall–Kier alpha value is -1.82. The summed E-state index contributed by atoms with van der Waals surface area (Å²) in [4.78, 5) is 21.7. The maximum absolute atomic E-state index is 13.4. The second kappa shape index (κ2) is 7.58. The van der Waals surface area contributed by atoms with E-state index in [1.54, 1.807) is 0 Å². The van der Waals surface area contributed by atoms with Gasteiger partial charge in [0.15, 0.2) is 0 Å². The number of carbonyl (C=O) groups is 2. The predicted octanol–water partition coefficient (Wildman–Crippen LogP) is 2.86. The molecule has 0 aliphatic heterocycles. The third-order valence-electron chi connectivity index (χ3n) is 2.28. The van der Waals surface area contributed by atoms with Crippen LogP contribution in [-0.2, 0) is 4.79 Å². The van der Waals surface area contributed by atoms with Crippen LogP contribution in [0.15, 0.2) is 18.2 Å². The van der Waals surface area contributed by atoms with E-state index >= 15 is 0 Å². The van der Waals surface area contributed by atoms with Crippen molar-refractivity contribution >= 4 is 29.3 Å². The van der Waals surface area contributed by atoms with E-state index in [1.165, 1.54) is 12.1 Å². The third-order valence-corrected chi connectivity index (χ3v) is 2.52. The van der Waals surface area contributed by atoms with Crippen molar-refractivity contribution in [1.29, 1.82) is 0 Å². The van der Waals surface area contributed by atoms with E-state index in [1.807, 2.05) is 0 Å². The van der Waals surface area contributed by atoms with E-state index in [9.17, 15) is 14.0 Å². The zero-order valence-corrected chi connectivity index (χ0v) is 10.8. The Morgan fingerprint density at radius 1 is 1.32 bits per heavy atom. The molecule has 0 aliphatic rings. The molecule has 0 atom stereocenters. The minimum atomic E-state index is -0.868. The molecule has 5 nitrogen and oxygen atoms in total. The maximum atomic E-state index is 13.4. The average Bonchev–Trinajstić information content (AvgIpc) is 2.32. The van der Waals surface area contributed by atoms with E-state index < -0.39 is 17.8 Å². The summed E-state index contributed by atoms with van der Waals surface area (Å²) in [5, 5.41) is 13.5.